The Labute approximate surface area is 116 Å². The van der Waals surface area contributed by atoms with Crippen molar-refractivity contribution >= 4 is 15.5 Å². The van der Waals surface area contributed by atoms with Crippen molar-refractivity contribution in [1.82, 2.24) is 14.4 Å². The summed E-state index contributed by atoms with van der Waals surface area (Å²) in [5.74, 6) is 0.449. The first kappa shape index (κ1) is 12.9. The number of hydrogen-bond acceptors (Lipinski definition) is 5. The number of nitrogens with zero attached hydrogens (tertiary/aromatic N) is 3. The lowest BCUT2D eigenvalue weighted by Crippen LogP contribution is -2.05. The Kier molecular flexibility index (Phi) is 2.86. The molecule has 0 spiro atoms. The van der Waals surface area contributed by atoms with Gasteiger partial charge in [-0.15, -0.1) is 0 Å². The predicted octanol–water partition coefficient (Wildman–Crippen LogP) is 1.84. The van der Waals surface area contributed by atoms with Gasteiger partial charge in [-0.25, -0.2) is 18.4 Å². The minimum absolute atomic E-state index is 0.117. The summed E-state index contributed by atoms with van der Waals surface area (Å²) in [4.78, 5) is 8.78. The molecule has 3 rings (SSSR count). The van der Waals surface area contributed by atoms with E-state index in [9.17, 15) is 8.42 Å². The molecule has 0 unspecified atom stereocenters. The molecule has 7 heteroatoms. The lowest BCUT2D eigenvalue weighted by atomic mass is 10.3. The molecule has 3 aromatic rings. The van der Waals surface area contributed by atoms with Gasteiger partial charge in [-0.3, -0.25) is 0 Å². The molecule has 0 saturated heterocycles. The van der Waals surface area contributed by atoms with Gasteiger partial charge in [-0.1, -0.05) is 0 Å². The number of sulfone groups is 1. The van der Waals surface area contributed by atoms with Crippen LogP contribution in [-0.2, 0) is 15.6 Å². The summed E-state index contributed by atoms with van der Waals surface area (Å²) in [6, 6.07) is 3.53. The fourth-order valence-corrected chi connectivity index (χ4v) is 2.77. The van der Waals surface area contributed by atoms with Crippen molar-refractivity contribution < 1.29 is 12.8 Å². The van der Waals surface area contributed by atoms with Gasteiger partial charge in [0.25, 0.3) is 0 Å². The van der Waals surface area contributed by atoms with E-state index in [1.165, 1.54) is 6.26 Å². The molecule has 0 bridgehead atoms. The van der Waals surface area contributed by atoms with Gasteiger partial charge < -0.3 is 8.82 Å². The van der Waals surface area contributed by atoms with Crippen LogP contribution in [0.25, 0.3) is 17.1 Å². The highest BCUT2D eigenvalue weighted by Gasteiger charge is 2.15. The molecule has 0 saturated carbocycles. The average molecular weight is 291 g/mol. The molecular formula is C13H13N3O3S. The highest BCUT2D eigenvalue weighted by molar-refractivity contribution is 7.89. The number of imidazole rings is 1. The molecule has 0 aliphatic heterocycles. The monoisotopic (exact) mass is 291 g/mol. The molecule has 0 N–H and O–H groups in total. The summed E-state index contributed by atoms with van der Waals surface area (Å²) < 4.78 is 30.0. The molecule has 6 nitrogen and oxygen atoms in total. The van der Waals surface area contributed by atoms with Crippen molar-refractivity contribution in [2.45, 2.75) is 12.7 Å². The van der Waals surface area contributed by atoms with Crippen molar-refractivity contribution in [1.29, 1.82) is 0 Å². The third-order valence-electron chi connectivity index (χ3n) is 2.77. The Morgan fingerprint density at radius 2 is 2.10 bits per heavy atom. The van der Waals surface area contributed by atoms with Crippen LogP contribution >= 0.6 is 0 Å². The van der Waals surface area contributed by atoms with Gasteiger partial charge in [-0.05, 0) is 19.1 Å². The Morgan fingerprint density at radius 3 is 2.75 bits per heavy atom. The summed E-state index contributed by atoms with van der Waals surface area (Å²) in [6.07, 6.45) is 6.25. The third-order valence-corrected chi connectivity index (χ3v) is 3.59. The first-order valence-electron chi connectivity index (χ1n) is 5.99. The molecular weight excluding hydrogens is 278 g/mol. The lowest BCUT2D eigenvalue weighted by molar-refractivity contribution is 0.579. The second-order valence-electron chi connectivity index (χ2n) is 4.74. The summed E-state index contributed by atoms with van der Waals surface area (Å²) in [5.41, 5.74) is 2.49. The number of rotatable bonds is 3. The summed E-state index contributed by atoms with van der Waals surface area (Å²) in [6.45, 7) is 1.87. The predicted molar refractivity (Wildman–Crippen MR) is 74.0 cm³/mol. The van der Waals surface area contributed by atoms with Crippen LogP contribution < -0.4 is 0 Å². The SMILES string of the molecule is Cc1cn2cc(CS(C)(=O)=O)nc(-c3ccco3)c2n1. The van der Waals surface area contributed by atoms with Crippen molar-refractivity contribution in [2.24, 2.45) is 0 Å². The summed E-state index contributed by atoms with van der Waals surface area (Å²) in [7, 11) is -3.15. The molecule has 0 aromatic carbocycles. The average Bonchev–Trinajstić information content (AvgIpc) is 2.93. The van der Waals surface area contributed by atoms with Crippen molar-refractivity contribution in [3.05, 3.63) is 42.2 Å². The quantitative estimate of drug-likeness (QED) is 0.736. The maximum absolute atomic E-state index is 11.5. The van der Waals surface area contributed by atoms with Crippen LogP contribution in [0.1, 0.15) is 11.4 Å². The number of hydrogen-bond donors (Lipinski definition) is 0. The number of aryl methyl sites for hydroxylation is 1. The van der Waals surface area contributed by atoms with E-state index in [0.29, 0.717) is 22.8 Å². The molecule has 0 amide bonds. The molecule has 0 fully saturated rings. The van der Waals surface area contributed by atoms with Crippen LogP contribution in [0.4, 0.5) is 0 Å². The Hall–Kier alpha value is -2.15. The minimum Gasteiger partial charge on any atom is -0.463 e. The first-order valence-corrected chi connectivity index (χ1v) is 8.05. The van der Waals surface area contributed by atoms with Gasteiger partial charge in [0.05, 0.1) is 23.4 Å². The van der Waals surface area contributed by atoms with E-state index < -0.39 is 9.84 Å². The van der Waals surface area contributed by atoms with E-state index in [1.54, 1.807) is 29.0 Å². The molecule has 20 heavy (non-hydrogen) atoms. The smallest absolute Gasteiger partial charge is 0.167 e. The van der Waals surface area contributed by atoms with E-state index in [4.69, 9.17) is 4.42 Å². The third kappa shape index (κ3) is 2.44. The van der Waals surface area contributed by atoms with Gasteiger partial charge in [0.2, 0.25) is 0 Å². The maximum Gasteiger partial charge on any atom is 0.167 e. The van der Waals surface area contributed by atoms with Gasteiger partial charge in [0.15, 0.2) is 21.2 Å². The first-order chi connectivity index (χ1) is 9.42. The molecule has 0 aliphatic carbocycles. The van der Waals surface area contributed by atoms with Crippen molar-refractivity contribution in [2.75, 3.05) is 6.26 Å². The van der Waals surface area contributed by atoms with Crippen molar-refractivity contribution in [3.63, 3.8) is 0 Å². The normalized spacial score (nSPS) is 12.1. The molecule has 3 aromatic heterocycles. The summed E-state index contributed by atoms with van der Waals surface area (Å²) >= 11 is 0. The lowest BCUT2D eigenvalue weighted by Gasteiger charge is -2.04. The Bertz CT molecular complexity index is 864. The fourth-order valence-electron chi connectivity index (χ4n) is 2.09. The van der Waals surface area contributed by atoms with Crippen molar-refractivity contribution in [3.8, 4) is 11.5 Å². The second-order valence-corrected chi connectivity index (χ2v) is 6.88. The van der Waals surface area contributed by atoms with Gasteiger partial charge in [0.1, 0.15) is 5.69 Å². The molecule has 0 radical (unpaired) electrons. The van der Waals surface area contributed by atoms with E-state index in [-0.39, 0.29) is 5.75 Å². The van der Waals surface area contributed by atoms with Crippen LogP contribution in [0.15, 0.2) is 35.2 Å². The van der Waals surface area contributed by atoms with Crippen LogP contribution in [0.5, 0.6) is 0 Å². The van der Waals surface area contributed by atoms with Gasteiger partial charge in [-0.2, -0.15) is 0 Å². The maximum atomic E-state index is 11.5. The van der Waals surface area contributed by atoms with Gasteiger partial charge in [0, 0.05) is 18.6 Å². The standard InChI is InChI=1S/C13H13N3O3S/c1-9-6-16-7-10(8-20(2,17)18)15-12(13(16)14-9)11-4-3-5-19-11/h3-7H,8H2,1-2H3. The number of furan rings is 1. The number of aromatic nitrogens is 3. The van der Waals surface area contributed by atoms with Crippen LogP contribution in [0.3, 0.4) is 0 Å². The zero-order chi connectivity index (χ0) is 14.3. The topological polar surface area (TPSA) is 77.5 Å². The summed E-state index contributed by atoms with van der Waals surface area (Å²) in [5, 5.41) is 0. The second kappa shape index (κ2) is 4.45. The minimum atomic E-state index is -3.15. The van der Waals surface area contributed by atoms with Crippen LogP contribution in [0.2, 0.25) is 0 Å². The van der Waals surface area contributed by atoms with E-state index in [1.807, 2.05) is 13.1 Å². The van der Waals surface area contributed by atoms with E-state index in [2.05, 4.69) is 9.97 Å². The highest BCUT2D eigenvalue weighted by atomic mass is 32.2. The Balaban J connectivity index is 2.25. The van der Waals surface area contributed by atoms with Gasteiger partial charge >= 0.3 is 0 Å². The Morgan fingerprint density at radius 1 is 1.30 bits per heavy atom. The van der Waals surface area contributed by atoms with Crippen LogP contribution in [-0.4, -0.2) is 29.0 Å². The van der Waals surface area contributed by atoms with E-state index >= 15 is 0 Å². The van der Waals surface area contributed by atoms with Crippen LogP contribution in [0, 0.1) is 6.92 Å². The zero-order valence-corrected chi connectivity index (χ0v) is 11.9. The fraction of sp³-hybridized carbons (Fsp3) is 0.231. The molecule has 104 valence electrons. The molecule has 3 heterocycles. The van der Waals surface area contributed by atoms with E-state index in [0.717, 1.165) is 5.69 Å². The largest absolute Gasteiger partial charge is 0.463 e. The molecule has 0 aliphatic rings. The molecule has 0 atom stereocenters. The zero-order valence-electron chi connectivity index (χ0n) is 11.1. The number of fused-ring (bicyclic) bond motifs is 1. The highest BCUT2D eigenvalue weighted by Crippen LogP contribution is 2.23.